The van der Waals surface area contributed by atoms with Gasteiger partial charge in [-0.1, -0.05) is 12.1 Å². The Morgan fingerprint density at radius 1 is 1.13 bits per heavy atom. The number of methoxy groups -OCH3 is 1. The number of rotatable bonds is 5. The minimum atomic E-state index is -0.366. The SMILES string of the molecule is COc1ccccc1NC(=O)Nc1ccnn1C1CCN(C(=O)[C@H]2CCOC2)CC1. The van der Waals surface area contributed by atoms with Crippen molar-refractivity contribution in [3.8, 4) is 5.75 Å². The lowest BCUT2D eigenvalue weighted by atomic mass is 10.0. The summed E-state index contributed by atoms with van der Waals surface area (Å²) in [5.74, 6) is 1.41. The Kier molecular flexibility index (Phi) is 6.18. The van der Waals surface area contributed by atoms with Gasteiger partial charge in [-0.15, -0.1) is 0 Å². The number of piperidine rings is 1. The molecular formula is C21H27N5O4. The lowest BCUT2D eigenvalue weighted by Crippen LogP contribution is -2.42. The van der Waals surface area contributed by atoms with E-state index < -0.39 is 0 Å². The van der Waals surface area contributed by atoms with Crippen molar-refractivity contribution in [1.29, 1.82) is 0 Å². The van der Waals surface area contributed by atoms with Crippen molar-refractivity contribution in [3.05, 3.63) is 36.5 Å². The molecular weight excluding hydrogens is 386 g/mol. The number of carbonyl (C=O) groups excluding carboxylic acids is 2. The van der Waals surface area contributed by atoms with Crippen LogP contribution in [0.15, 0.2) is 36.5 Å². The third-order valence-electron chi connectivity index (χ3n) is 5.67. The van der Waals surface area contributed by atoms with E-state index in [1.807, 2.05) is 21.7 Å². The van der Waals surface area contributed by atoms with Crippen LogP contribution in [0, 0.1) is 5.92 Å². The van der Waals surface area contributed by atoms with Gasteiger partial charge < -0.3 is 19.7 Å². The van der Waals surface area contributed by atoms with Crippen LogP contribution in [0.2, 0.25) is 0 Å². The van der Waals surface area contributed by atoms with Crippen LogP contribution < -0.4 is 15.4 Å². The van der Waals surface area contributed by atoms with Crippen molar-refractivity contribution in [2.75, 3.05) is 44.0 Å². The number of para-hydroxylation sites is 2. The van der Waals surface area contributed by atoms with Crippen LogP contribution in [0.5, 0.6) is 5.75 Å². The van der Waals surface area contributed by atoms with Gasteiger partial charge in [0.1, 0.15) is 11.6 Å². The molecule has 0 bridgehead atoms. The molecule has 4 rings (SSSR count). The number of nitrogens with zero attached hydrogens (tertiary/aromatic N) is 3. The molecule has 1 atom stereocenters. The zero-order valence-corrected chi connectivity index (χ0v) is 17.0. The minimum Gasteiger partial charge on any atom is -0.495 e. The molecule has 3 heterocycles. The molecule has 30 heavy (non-hydrogen) atoms. The first-order chi connectivity index (χ1) is 14.7. The Labute approximate surface area is 175 Å². The number of ether oxygens (including phenoxy) is 2. The molecule has 1 aromatic carbocycles. The van der Waals surface area contributed by atoms with Crippen LogP contribution in [0.3, 0.4) is 0 Å². The average Bonchev–Trinajstić information content (AvgIpc) is 3.46. The maximum absolute atomic E-state index is 12.6. The second-order valence-electron chi connectivity index (χ2n) is 7.56. The Balaban J connectivity index is 1.34. The summed E-state index contributed by atoms with van der Waals surface area (Å²) < 4.78 is 12.4. The van der Waals surface area contributed by atoms with Gasteiger partial charge in [0.25, 0.3) is 0 Å². The Bertz CT molecular complexity index is 885. The van der Waals surface area contributed by atoms with Crippen molar-refractivity contribution < 1.29 is 19.1 Å². The molecule has 2 N–H and O–H groups in total. The predicted molar refractivity (Wildman–Crippen MR) is 112 cm³/mol. The molecule has 160 valence electrons. The first-order valence-corrected chi connectivity index (χ1v) is 10.3. The molecule has 2 aliphatic heterocycles. The monoisotopic (exact) mass is 413 g/mol. The summed E-state index contributed by atoms with van der Waals surface area (Å²) in [5, 5.41) is 10.1. The molecule has 2 fully saturated rings. The van der Waals surface area contributed by atoms with E-state index in [2.05, 4.69) is 15.7 Å². The van der Waals surface area contributed by atoms with Gasteiger partial charge in [0, 0.05) is 25.8 Å². The highest BCUT2D eigenvalue weighted by Crippen LogP contribution is 2.28. The molecule has 2 saturated heterocycles. The average molecular weight is 413 g/mol. The first kappa shape index (κ1) is 20.2. The molecule has 0 radical (unpaired) electrons. The van der Waals surface area contributed by atoms with Crippen LogP contribution in [0.25, 0.3) is 0 Å². The highest BCUT2D eigenvalue weighted by molar-refractivity contribution is 6.00. The van der Waals surface area contributed by atoms with Crippen molar-refractivity contribution in [3.63, 3.8) is 0 Å². The van der Waals surface area contributed by atoms with Crippen molar-refractivity contribution in [2.24, 2.45) is 5.92 Å². The number of likely N-dealkylation sites (tertiary alicyclic amines) is 1. The minimum absolute atomic E-state index is 0.00200. The van der Waals surface area contributed by atoms with E-state index >= 15 is 0 Å². The van der Waals surface area contributed by atoms with Gasteiger partial charge in [-0.25, -0.2) is 9.48 Å². The molecule has 1 aromatic heterocycles. The lowest BCUT2D eigenvalue weighted by molar-refractivity contribution is -0.136. The lowest BCUT2D eigenvalue weighted by Gasteiger charge is -2.34. The first-order valence-electron chi connectivity index (χ1n) is 10.3. The van der Waals surface area contributed by atoms with E-state index in [-0.39, 0.29) is 23.9 Å². The van der Waals surface area contributed by atoms with Gasteiger partial charge >= 0.3 is 6.03 Å². The molecule has 2 aromatic rings. The van der Waals surface area contributed by atoms with Gasteiger partial charge in [-0.2, -0.15) is 5.10 Å². The molecule has 0 spiro atoms. The van der Waals surface area contributed by atoms with E-state index in [4.69, 9.17) is 9.47 Å². The van der Waals surface area contributed by atoms with E-state index in [1.54, 1.807) is 31.5 Å². The Morgan fingerprint density at radius 3 is 2.67 bits per heavy atom. The third-order valence-corrected chi connectivity index (χ3v) is 5.67. The zero-order chi connectivity index (χ0) is 20.9. The molecule has 0 aliphatic carbocycles. The third kappa shape index (κ3) is 4.40. The van der Waals surface area contributed by atoms with Crippen LogP contribution in [0.1, 0.15) is 25.3 Å². The number of hydrogen-bond donors (Lipinski definition) is 2. The second kappa shape index (κ2) is 9.17. The van der Waals surface area contributed by atoms with Gasteiger partial charge in [0.05, 0.1) is 37.6 Å². The van der Waals surface area contributed by atoms with E-state index in [1.165, 1.54) is 0 Å². The summed E-state index contributed by atoms with van der Waals surface area (Å²) >= 11 is 0. The number of nitrogens with one attached hydrogen (secondary N) is 2. The summed E-state index contributed by atoms with van der Waals surface area (Å²) in [5.41, 5.74) is 0.589. The van der Waals surface area contributed by atoms with Crippen molar-refractivity contribution in [2.45, 2.75) is 25.3 Å². The van der Waals surface area contributed by atoms with Crippen molar-refractivity contribution in [1.82, 2.24) is 14.7 Å². The second-order valence-corrected chi connectivity index (χ2v) is 7.56. The number of carbonyl (C=O) groups is 2. The summed E-state index contributed by atoms with van der Waals surface area (Å²) in [6, 6.07) is 8.77. The fourth-order valence-corrected chi connectivity index (χ4v) is 4.04. The number of anilines is 2. The van der Waals surface area contributed by atoms with Gasteiger partial charge in [0.15, 0.2) is 0 Å². The number of aromatic nitrogens is 2. The van der Waals surface area contributed by atoms with E-state index in [0.29, 0.717) is 43.6 Å². The smallest absolute Gasteiger partial charge is 0.324 e. The van der Waals surface area contributed by atoms with E-state index in [0.717, 1.165) is 19.3 Å². The topological polar surface area (TPSA) is 97.7 Å². The summed E-state index contributed by atoms with van der Waals surface area (Å²) in [4.78, 5) is 27.0. The number of benzene rings is 1. The van der Waals surface area contributed by atoms with Crippen LogP contribution in [-0.4, -0.2) is 60.0 Å². The molecule has 9 heteroatoms. The molecule has 0 unspecified atom stereocenters. The number of urea groups is 1. The molecule has 0 saturated carbocycles. The predicted octanol–water partition coefficient (Wildman–Crippen LogP) is 2.74. The van der Waals surface area contributed by atoms with E-state index in [9.17, 15) is 9.59 Å². The maximum Gasteiger partial charge on any atom is 0.324 e. The molecule has 2 aliphatic rings. The van der Waals surface area contributed by atoms with Crippen LogP contribution in [0.4, 0.5) is 16.3 Å². The van der Waals surface area contributed by atoms with Crippen molar-refractivity contribution >= 4 is 23.4 Å². The van der Waals surface area contributed by atoms with Gasteiger partial charge in [0.2, 0.25) is 5.91 Å². The number of amides is 3. The highest BCUT2D eigenvalue weighted by atomic mass is 16.5. The normalized spacial score (nSPS) is 19.5. The summed E-state index contributed by atoms with van der Waals surface area (Å²) in [7, 11) is 1.56. The Morgan fingerprint density at radius 2 is 1.93 bits per heavy atom. The van der Waals surface area contributed by atoms with Crippen LogP contribution >= 0.6 is 0 Å². The van der Waals surface area contributed by atoms with Gasteiger partial charge in [-0.05, 0) is 31.4 Å². The number of hydrogen-bond acceptors (Lipinski definition) is 5. The Hall–Kier alpha value is -3.07. The van der Waals surface area contributed by atoms with Gasteiger partial charge in [-0.3, -0.25) is 10.1 Å². The molecule has 9 nitrogen and oxygen atoms in total. The largest absolute Gasteiger partial charge is 0.495 e. The summed E-state index contributed by atoms with van der Waals surface area (Å²) in [6.45, 7) is 2.58. The fraction of sp³-hybridized carbons (Fsp3) is 0.476. The zero-order valence-electron chi connectivity index (χ0n) is 17.0. The maximum atomic E-state index is 12.6. The molecule has 3 amide bonds. The quantitative estimate of drug-likeness (QED) is 0.786. The fourth-order valence-electron chi connectivity index (χ4n) is 4.04. The summed E-state index contributed by atoms with van der Waals surface area (Å²) in [6.07, 6.45) is 4.08. The standard InChI is InChI=1S/C21H27N5O4/c1-29-18-5-3-2-4-17(18)23-21(28)24-19-6-10-22-26(19)16-7-11-25(12-8-16)20(27)15-9-13-30-14-15/h2-6,10,15-16H,7-9,11-14H2,1H3,(H2,23,24,28)/t15-/m0/s1. The highest BCUT2D eigenvalue weighted by Gasteiger charge is 2.31. The van der Waals surface area contributed by atoms with Crippen LogP contribution in [-0.2, 0) is 9.53 Å².